The first-order valence-corrected chi connectivity index (χ1v) is 13.3. The molecule has 0 aliphatic heterocycles. The molecule has 5 aromatic carbocycles. The summed E-state index contributed by atoms with van der Waals surface area (Å²) >= 11 is 8.23. The Labute approximate surface area is 182 Å². The van der Waals surface area contributed by atoms with Crippen molar-refractivity contribution in [1.29, 1.82) is 0 Å². The van der Waals surface area contributed by atoms with E-state index in [1.165, 1.54) is 10.8 Å². The van der Waals surface area contributed by atoms with Gasteiger partial charge >= 0.3 is 183 Å². The molecule has 5 rings (SSSR count). The fourth-order valence-electron chi connectivity index (χ4n) is 4.46. The van der Waals surface area contributed by atoms with Crippen LogP contribution in [0.1, 0.15) is 0 Å². The monoisotopic (exact) mass is 424 g/mol. The first-order chi connectivity index (χ1) is 14.7. The minimum absolute atomic E-state index is 1.15. The molecule has 2 heteroatoms. The molecule has 0 N–H and O–H groups in total. The van der Waals surface area contributed by atoms with Gasteiger partial charge in [0.15, 0.2) is 0 Å². The number of fused-ring (bicyclic) bond motifs is 1. The van der Waals surface area contributed by atoms with Crippen LogP contribution in [-0.4, -0.2) is 0 Å². The van der Waals surface area contributed by atoms with E-state index in [0.29, 0.717) is 0 Å². The van der Waals surface area contributed by atoms with Crippen molar-refractivity contribution in [2.45, 2.75) is 0 Å². The standard InChI is InChI=1S/C28H22ClP/c29-30(25-14-4-1-5-15-25,26-16-6-2-7-17-26,27-18-8-3-9-19-27)28-21-20-23-12-10-11-13-24(23)22-28/h1-22H. The van der Waals surface area contributed by atoms with Crippen LogP contribution in [0.3, 0.4) is 0 Å². The molecule has 0 atom stereocenters. The van der Waals surface area contributed by atoms with Crippen LogP contribution in [0.5, 0.6) is 0 Å². The van der Waals surface area contributed by atoms with E-state index in [9.17, 15) is 0 Å². The van der Waals surface area contributed by atoms with Gasteiger partial charge in [0, 0.05) is 0 Å². The van der Waals surface area contributed by atoms with Crippen LogP contribution in [-0.2, 0) is 0 Å². The van der Waals surface area contributed by atoms with Gasteiger partial charge in [0.2, 0.25) is 0 Å². The van der Waals surface area contributed by atoms with Gasteiger partial charge < -0.3 is 0 Å². The quantitative estimate of drug-likeness (QED) is 0.303. The van der Waals surface area contributed by atoms with Crippen molar-refractivity contribution in [3.05, 3.63) is 133 Å². The molecule has 5 aromatic rings. The third kappa shape index (κ3) is 2.72. The minimum atomic E-state index is -3.47. The molecule has 0 aromatic heterocycles. The molecule has 0 spiro atoms. The Kier molecular flexibility index (Phi) is 4.70. The Bertz CT molecular complexity index is 1200. The van der Waals surface area contributed by atoms with E-state index in [4.69, 9.17) is 11.2 Å². The molecule has 0 aliphatic rings. The predicted octanol–water partition coefficient (Wildman–Crippen LogP) is 6.15. The van der Waals surface area contributed by atoms with Crippen LogP contribution in [0.15, 0.2) is 133 Å². The van der Waals surface area contributed by atoms with Crippen LogP contribution >= 0.6 is 17.2 Å². The Balaban J connectivity index is 1.99. The Morgan fingerprint density at radius 1 is 0.367 bits per heavy atom. The van der Waals surface area contributed by atoms with Crippen LogP contribution in [0.2, 0.25) is 0 Å². The summed E-state index contributed by atoms with van der Waals surface area (Å²) in [7, 11) is 0. The SMILES string of the molecule is ClP(c1ccccc1)(c1ccccc1)(c1ccccc1)c1ccc2ccccc2c1. The summed E-state index contributed by atoms with van der Waals surface area (Å²) in [6.45, 7) is 0. The van der Waals surface area contributed by atoms with Crippen molar-refractivity contribution in [3.8, 4) is 0 Å². The molecule has 0 bridgehead atoms. The second-order valence-corrected chi connectivity index (χ2v) is 13.7. The molecule has 0 saturated carbocycles. The summed E-state index contributed by atoms with van der Waals surface area (Å²) in [5, 5.41) is 7.03. The number of benzene rings is 5. The van der Waals surface area contributed by atoms with E-state index in [-0.39, 0.29) is 0 Å². The van der Waals surface area contributed by atoms with Gasteiger partial charge in [-0.1, -0.05) is 0 Å². The van der Waals surface area contributed by atoms with Crippen molar-refractivity contribution in [3.63, 3.8) is 0 Å². The zero-order valence-electron chi connectivity index (χ0n) is 16.5. The molecule has 146 valence electrons. The Hall–Kier alpha value is -2.92. The van der Waals surface area contributed by atoms with Gasteiger partial charge in [-0.2, -0.15) is 0 Å². The van der Waals surface area contributed by atoms with Crippen molar-refractivity contribution in [1.82, 2.24) is 0 Å². The molecular formula is C28H22ClP. The molecule has 0 fully saturated rings. The Morgan fingerprint density at radius 3 is 1.23 bits per heavy atom. The van der Waals surface area contributed by atoms with Crippen molar-refractivity contribution in [2.24, 2.45) is 0 Å². The van der Waals surface area contributed by atoms with E-state index >= 15 is 0 Å². The molecule has 0 heterocycles. The molecule has 0 aliphatic carbocycles. The fourth-order valence-corrected chi connectivity index (χ4v) is 10.5. The molecule has 0 radical (unpaired) electrons. The van der Waals surface area contributed by atoms with Gasteiger partial charge in [0.05, 0.1) is 0 Å². The zero-order valence-corrected chi connectivity index (χ0v) is 18.2. The van der Waals surface area contributed by atoms with Gasteiger partial charge in [-0.05, 0) is 0 Å². The van der Waals surface area contributed by atoms with E-state index in [2.05, 4.69) is 133 Å². The average Bonchev–Trinajstić information content (AvgIpc) is 2.85. The van der Waals surface area contributed by atoms with Crippen LogP contribution < -0.4 is 21.2 Å². The number of hydrogen-bond donors (Lipinski definition) is 0. The van der Waals surface area contributed by atoms with E-state index in [1.54, 1.807) is 0 Å². The molecule has 0 amide bonds. The second-order valence-electron chi connectivity index (χ2n) is 7.55. The number of halogens is 1. The maximum absolute atomic E-state index is 8.23. The molecule has 0 unspecified atom stereocenters. The zero-order chi connectivity index (χ0) is 20.5. The molecule has 30 heavy (non-hydrogen) atoms. The summed E-state index contributed by atoms with van der Waals surface area (Å²) in [4.78, 5) is 0. The summed E-state index contributed by atoms with van der Waals surface area (Å²) in [6, 6.07) is 47.0. The molecular weight excluding hydrogens is 403 g/mol. The third-order valence-corrected chi connectivity index (χ3v) is 13.3. The number of hydrogen-bond acceptors (Lipinski definition) is 0. The Morgan fingerprint density at radius 2 is 0.767 bits per heavy atom. The molecule has 0 nitrogen and oxygen atoms in total. The van der Waals surface area contributed by atoms with Crippen LogP contribution in [0.4, 0.5) is 0 Å². The topological polar surface area (TPSA) is 0 Å². The summed E-state index contributed by atoms with van der Waals surface area (Å²) < 4.78 is 0. The number of rotatable bonds is 4. The van der Waals surface area contributed by atoms with Gasteiger partial charge in [0.25, 0.3) is 0 Å². The van der Waals surface area contributed by atoms with Gasteiger partial charge in [-0.15, -0.1) is 0 Å². The van der Waals surface area contributed by atoms with Gasteiger partial charge in [-0.25, -0.2) is 0 Å². The summed E-state index contributed by atoms with van der Waals surface area (Å²) in [5.41, 5.74) is 0. The van der Waals surface area contributed by atoms with Gasteiger partial charge in [0.1, 0.15) is 0 Å². The normalized spacial score (nSPS) is 12.9. The second kappa shape index (κ2) is 7.40. The first kappa shape index (κ1) is 19.1. The van der Waals surface area contributed by atoms with Crippen molar-refractivity contribution in [2.75, 3.05) is 0 Å². The van der Waals surface area contributed by atoms with Crippen LogP contribution in [0.25, 0.3) is 10.8 Å². The summed E-state index contributed by atoms with van der Waals surface area (Å²) in [5.74, 6) is -3.47. The van der Waals surface area contributed by atoms with Gasteiger partial charge in [-0.3, -0.25) is 0 Å². The van der Waals surface area contributed by atoms with Crippen molar-refractivity contribution >= 4 is 49.2 Å². The summed E-state index contributed by atoms with van der Waals surface area (Å²) in [6.07, 6.45) is 0. The first-order valence-electron chi connectivity index (χ1n) is 10.1. The fraction of sp³-hybridized carbons (Fsp3) is 0. The molecule has 0 saturated heterocycles. The third-order valence-electron chi connectivity index (χ3n) is 5.94. The van der Waals surface area contributed by atoms with E-state index < -0.39 is 5.96 Å². The van der Waals surface area contributed by atoms with Crippen LogP contribution in [0, 0.1) is 0 Å². The van der Waals surface area contributed by atoms with E-state index in [1.807, 2.05) is 0 Å². The average molecular weight is 425 g/mol. The predicted molar refractivity (Wildman–Crippen MR) is 135 cm³/mol. The van der Waals surface area contributed by atoms with E-state index in [0.717, 1.165) is 21.2 Å². The van der Waals surface area contributed by atoms with Crippen molar-refractivity contribution < 1.29 is 0 Å². The maximum atomic E-state index is 8.23.